The van der Waals surface area contributed by atoms with Gasteiger partial charge in [0.05, 0.1) is 10.6 Å². The molecule has 35 heavy (non-hydrogen) atoms. The highest BCUT2D eigenvalue weighted by molar-refractivity contribution is 7.14. The summed E-state index contributed by atoms with van der Waals surface area (Å²) in [7, 11) is 0. The Morgan fingerprint density at radius 2 is 2.09 bits per heavy atom. The van der Waals surface area contributed by atoms with Crippen molar-refractivity contribution in [3.8, 4) is 11.3 Å². The third-order valence-corrected chi connectivity index (χ3v) is 6.62. The van der Waals surface area contributed by atoms with E-state index in [2.05, 4.69) is 15.3 Å². The number of thiazole rings is 1. The maximum Gasteiger partial charge on any atom is 0.410 e. The van der Waals surface area contributed by atoms with E-state index >= 15 is 0 Å². The quantitative estimate of drug-likeness (QED) is 0.290. The molecule has 1 atom stereocenters. The molecule has 1 aliphatic heterocycles. The third kappa shape index (κ3) is 4.71. The molecule has 3 heterocycles. The number of H-pyrrole nitrogens is 1. The highest BCUT2D eigenvalue weighted by Gasteiger charge is 2.35. The van der Waals surface area contributed by atoms with Gasteiger partial charge in [0.25, 0.3) is 5.69 Å². The van der Waals surface area contributed by atoms with Gasteiger partial charge in [-0.05, 0) is 30.5 Å². The standard InChI is InChI=1S/C24H21N5O5S/c30-22(19-7-4-10-28(19)24(31)34-13-15-5-2-1-3-6-15)27-23-26-18(14-35-23)17-11-16-8-9-25-21(16)20(12-17)29(32)33/h1-3,5-6,8-9,11-12,14,19,25H,4,7,10,13H2,(H,26,27,30). The summed E-state index contributed by atoms with van der Waals surface area (Å²) in [6, 6.07) is 13.7. The molecule has 5 rings (SSSR count). The zero-order chi connectivity index (χ0) is 24.4. The second-order valence-electron chi connectivity index (χ2n) is 8.11. The van der Waals surface area contributed by atoms with Gasteiger partial charge in [-0.1, -0.05) is 30.3 Å². The maximum atomic E-state index is 12.9. The summed E-state index contributed by atoms with van der Waals surface area (Å²) in [5, 5.41) is 17.0. The molecule has 0 bridgehead atoms. The molecule has 11 heteroatoms. The monoisotopic (exact) mass is 491 g/mol. The molecular weight excluding hydrogens is 470 g/mol. The number of amides is 2. The Hall–Kier alpha value is -4.25. The molecule has 0 radical (unpaired) electrons. The van der Waals surface area contributed by atoms with Crippen LogP contribution in [0, 0.1) is 10.1 Å². The molecule has 2 amide bonds. The number of carbonyl (C=O) groups excluding carboxylic acids is 2. The molecule has 0 saturated carbocycles. The molecular formula is C24H21N5O5S. The molecule has 4 aromatic rings. The number of rotatable bonds is 6. The third-order valence-electron chi connectivity index (χ3n) is 5.86. The Balaban J connectivity index is 1.27. The van der Waals surface area contributed by atoms with Gasteiger partial charge in [-0.2, -0.15) is 0 Å². The number of carbonyl (C=O) groups is 2. The number of aromatic amines is 1. The molecule has 178 valence electrons. The number of aromatic nitrogens is 2. The number of nitrogens with zero attached hydrogens (tertiary/aromatic N) is 3. The first-order valence-electron chi connectivity index (χ1n) is 11.0. The predicted octanol–water partition coefficient (Wildman–Crippen LogP) is 4.94. The molecule has 10 nitrogen and oxygen atoms in total. The van der Waals surface area contributed by atoms with Crippen LogP contribution >= 0.6 is 11.3 Å². The van der Waals surface area contributed by atoms with E-state index in [1.165, 1.54) is 22.3 Å². The summed E-state index contributed by atoms with van der Waals surface area (Å²) in [4.78, 5) is 45.4. The average molecular weight is 492 g/mol. The number of nitro benzene ring substituents is 1. The molecule has 1 unspecified atom stereocenters. The van der Waals surface area contributed by atoms with Gasteiger partial charge >= 0.3 is 6.09 Å². The van der Waals surface area contributed by atoms with Crippen LogP contribution in [0.5, 0.6) is 0 Å². The number of nitrogens with one attached hydrogen (secondary N) is 2. The van der Waals surface area contributed by atoms with E-state index in [0.717, 1.165) is 5.56 Å². The zero-order valence-corrected chi connectivity index (χ0v) is 19.3. The number of hydrogen-bond acceptors (Lipinski definition) is 7. The Kier molecular flexibility index (Phi) is 6.15. The number of hydrogen-bond donors (Lipinski definition) is 2. The molecule has 2 N–H and O–H groups in total. The minimum atomic E-state index is -0.650. The van der Waals surface area contributed by atoms with Crippen LogP contribution in [0.15, 0.2) is 60.1 Å². The normalized spacial score (nSPS) is 15.3. The Morgan fingerprint density at radius 1 is 1.26 bits per heavy atom. The Bertz CT molecular complexity index is 1400. The fraction of sp³-hybridized carbons (Fsp3) is 0.208. The van der Waals surface area contributed by atoms with Crippen LogP contribution < -0.4 is 5.32 Å². The van der Waals surface area contributed by atoms with Crippen LogP contribution in [0.2, 0.25) is 0 Å². The van der Waals surface area contributed by atoms with Crippen LogP contribution in [-0.4, -0.2) is 44.4 Å². The summed E-state index contributed by atoms with van der Waals surface area (Å²) < 4.78 is 5.40. The molecule has 0 aliphatic carbocycles. The fourth-order valence-electron chi connectivity index (χ4n) is 4.16. The van der Waals surface area contributed by atoms with Crippen molar-refractivity contribution in [1.82, 2.24) is 14.9 Å². The first-order chi connectivity index (χ1) is 17.0. The number of non-ortho nitro benzene ring substituents is 1. The molecule has 1 saturated heterocycles. The lowest BCUT2D eigenvalue weighted by Gasteiger charge is -2.22. The van der Waals surface area contributed by atoms with Crippen LogP contribution in [-0.2, 0) is 16.1 Å². The van der Waals surface area contributed by atoms with Gasteiger partial charge < -0.3 is 15.0 Å². The van der Waals surface area contributed by atoms with E-state index in [1.54, 1.807) is 23.7 Å². The first kappa shape index (κ1) is 22.5. The molecule has 0 spiro atoms. The van der Waals surface area contributed by atoms with Crippen molar-refractivity contribution in [2.75, 3.05) is 11.9 Å². The van der Waals surface area contributed by atoms with Crippen molar-refractivity contribution in [1.29, 1.82) is 0 Å². The van der Waals surface area contributed by atoms with Crippen molar-refractivity contribution in [2.45, 2.75) is 25.5 Å². The van der Waals surface area contributed by atoms with Gasteiger partial charge in [0.1, 0.15) is 18.2 Å². The number of anilines is 1. The highest BCUT2D eigenvalue weighted by Crippen LogP contribution is 2.33. The van der Waals surface area contributed by atoms with Gasteiger partial charge in [-0.15, -0.1) is 11.3 Å². The molecule has 2 aromatic heterocycles. The lowest BCUT2D eigenvalue weighted by Crippen LogP contribution is -2.43. The van der Waals surface area contributed by atoms with Crippen LogP contribution in [0.4, 0.5) is 15.6 Å². The second-order valence-corrected chi connectivity index (χ2v) is 8.97. The Morgan fingerprint density at radius 3 is 2.89 bits per heavy atom. The van der Waals surface area contributed by atoms with Gasteiger partial charge in [0, 0.05) is 35.1 Å². The van der Waals surface area contributed by atoms with E-state index in [4.69, 9.17) is 4.74 Å². The van der Waals surface area contributed by atoms with Gasteiger partial charge in [-0.3, -0.25) is 19.8 Å². The summed E-state index contributed by atoms with van der Waals surface area (Å²) in [5.41, 5.74) is 2.36. The van der Waals surface area contributed by atoms with Crippen molar-refractivity contribution < 1.29 is 19.2 Å². The first-order valence-corrected chi connectivity index (χ1v) is 11.9. The summed E-state index contributed by atoms with van der Waals surface area (Å²) in [6.45, 7) is 0.577. The summed E-state index contributed by atoms with van der Waals surface area (Å²) in [6.07, 6.45) is 2.34. The van der Waals surface area contributed by atoms with Gasteiger partial charge in [0.2, 0.25) is 5.91 Å². The summed E-state index contributed by atoms with van der Waals surface area (Å²) in [5.74, 6) is -0.341. The van der Waals surface area contributed by atoms with E-state index in [1.807, 2.05) is 30.3 Å². The second kappa shape index (κ2) is 9.55. The van der Waals surface area contributed by atoms with E-state index in [-0.39, 0.29) is 18.2 Å². The number of likely N-dealkylation sites (tertiary alicyclic amines) is 1. The summed E-state index contributed by atoms with van der Waals surface area (Å²) >= 11 is 1.21. The maximum absolute atomic E-state index is 12.9. The molecule has 1 aliphatic rings. The smallest absolute Gasteiger partial charge is 0.410 e. The number of fused-ring (bicyclic) bond motifs is 1. The van der Waals surface area contributed by atoms with Crippen molar-refractivity contribution in [2.24, 2.45) is 0 Å². The SMILES string of the molecule is O=C(Nc1nc(-c2cc([N+](=O)[O-])c3[nH]ccc3c2)cs1)C1CCCN1C(=O)OCc1ccccc1. The molecule has 2 aromatic carbocycles. The van der Waals surface area contributed by atoms with Crippen LogP contribution in [0.1, 0.15) is 18.4 Å². The van der Waals surface area contributed by atoms with Crippen LogP contribution in [0.25, 0.3) is 22.2 Å². The van der Waals surface area contributed by atoms with Gasteiger partial charge in [-0.25, -0.2) is 9.78 Å². The molecule has 1 fully saturated rings. The largest absolute Gasteiger partial charge is 0.445 e. The lowest BCUT2D eigenvalue weighted by molar-refractivity contribution is -0.383. The Labute approximate surface area is 203 Å². The van der Waals surface area contributed by atoms with E-state index in [9.17, 15) is 19.7 Å². The van der Waals surface area contributed by atoms with Gasteiger partial charge in [0.15, 0.2) is 5.13 Å². The number of benzene rings is 2. The van der Waals surface area contributed by atoms with Crippen molar-refractivity contribution in [3.63, 3.8) is 0 Å². The number of nitro groups is 1. The zero-order valence-electron chi connectivity index (χ0n) is 18.5. The van der Waals surface area contributed by atoms with Crippen molar-refractivity contribution in [3.05, 3.63) is 75.8 Å². The number of ether oxygens (including phenoxy) is 1. The van der Waals surface area contributed by atoms with E-state index < -0.39 is 17.1 Å². The fourth-order valence-corrected chi connectivity index (χ4v) is 4.88. The topological polar surface area (TPSA) is 130 Å². The van der Waals surface area contributed by atoms with E-state index in [0.29, 0.717) is 46.7 Å². The highest BCUT2D eigenvalue weighted by atomic mass is 32.1. The average Bonchev–Trinajstić information content (AvgIpc) is 3.63. The van der Waals surface area contributed by atoms with Crippen molar-refractivity contribution >= 4 is 45.1 Å². The predicted molar refractivity (Wildman–Crippen MR) is 131 cm³/mol. The minimum absolute atomic E-state index is 0.0447. The minimum Gasteiger partial charge on any atom is -0.445 e. The van der Waals surface area contributed by atoms with Crippen LogP contribution in [0.3, 0.4) is 0 Å². The lowest BCUT2D eigenvalue weighted by atomic mass is 10.1.